The van der Waals surface area contributed by atoms with Gasteiger partial charge < -0.3 is 19.3 Å². The number of nitrogens with zero attached hydrogens (tertiary/aromatic N) is 3. The van der Waals surface area contributed by atoms with Crippen LogP contribution in [0.4, 0.5) is 4.79 Å². The lowest BCUT2D eigenvalue weighted by molar-refractivity contribution is -0.133. The number of benzene rings is 2. The molecule has 10 heteroatoms. The van der Waals surface area contributed by atoms with Gasteiger partial charge in [0.25, 0.3) is 0 Å². The van der Waals surface area contributed by atoms with Crippen LogP contribution in [0.25, 0.3) is 0 Å². The molecule has 0 spiro atoms. The monoisotopic (exact) mass is 489 g/mol. The van der Waals surface area contributed by atoms with Gasteiger partial charge in [0.05, 0.1) is 25.2 Å². The van der Waals surface area contributed by atoms with E-state index in [2.05, 4.69) is 0 Å². The number of sulfonamides is 1. The maximum atomic E-state index is 13.4. The van der Waals surface area contributed by atoms with Crippen LogP contribution in [0, 0.1) is 0 Å². The van der Waals surface area contributed by atoms with Gasteiger partial charge in [-0.3, -0.25) is 4.79 Å². The van der Waals surface area contributed by atoms with Crippen molar-refractivity contribution in [1.29, 1.82) is 0 Å². The Morgan fingerprint density at radius 2 is 1.56 bits per heavy atom. The van der Waals surface area contributed by atoms with Crippen LogP contribution in [0.2, 0.25) is 0 Å². The van der Waals surface area contributed by atoms with Crippen molar-refractivity contribution in [3.8, 4) is 5.75 Å². The molecule has 0 radical (unpaired) electrons. The minimum absolute atomic E-state index is 0.0984. The van der Waals surface area contributed by atoms with E-state index in [1.54, 1.807) is 28.9 Å². The third kappa shape index (κ3) is 6.48. The zero-order valence-electron chi connectivity index (χ0n) is 19.6. The second-order valence-electron chi connectivity index (χ2n) is 7.82. The van der Waals surface area contributed by atoms with Gasteiger partial charge in [-0.1, -0.05) is 30.3 Å². The highest BCUT2D eigenvalue weighted by Crippen LogP contribution is 2.20. The molecule has 1 fully saturated rings. The third-order valence-corrected chi connectivity index (χ3v) is 7.52. The number of hydrogen-bond acceptors (Lipinski definition) is 6. The number of carbonyl (C=O) groups is 2. The number of rotatable bonds is 9. The lowest BCUT2D eigenvalue weighted by atomic mass is 10.1. The Hall–Kier alpha value is -3.11. The standard InChI is InChI=1S/C24H31N3O6S/c1-3-33-24(29)26-17-15-25(16-18-26)23(28)19-27(14-13-20-7-5-4-6-8-20)34(30,31)22-11-9-21(32-2)10-12-22/h4-12H,3,13-19H2,1-2H3. The number of hydrogen-bond donors (Lipinski definition) is 0. The van der Waals surface area contributed by atoms with Crippen LogP contribution in [0.5, 0.6) is 5.75 Å². The molecule has 1 saturated heterocycles. The molecule has 34 heavy (non-hydrogen) atoms. The van der Waals surface area contributed by atoms with E-state index in [9.17, 15) is 18.0 Å². The van der Waals surface area contributed by atoms with Crippen LogP contribution in [-0.2, 0) is 26.0 Å². The van der Waals surface area contributed by atoms with Gasteiger partial charge in [-0.05, 0) is 43.2 Å². The van der Waals surface area contributed by atoms with E-state index in [1.165, 1.54) is 23.5 Å². The lowest BCUT2D eigenvalue weighted by Crippen LogP contribution is -2.53. The minimum atomic E-state index is -3.92. The van der Waals surface area contributed by atoms with Crippen molar-refractivity contribution in [2.75, 3.05) is 53.0 Å². The summed E-state index contributed by atoms with van der Waals surface area (Å²) < 4.78 is 38.2. The maximum absolute atomic E-state index is 13.4. The Labute approximate surface area is 200 Å². The van der Waals surface area contributed by atoms with Gasteiger partial charge in [0.15, 0.2) is 0 Å². The Morgan fingerprint density at radius 3 is 2.15 bits per heavy atom. The first-order valence-corrected chi connectivity index (χ1v) is 12.7. The van der Waals surface area contributed by atoms with E-state index in [0.29, 0.717) is 38.3 Å². The van der Waals surface area contributed by atoms with Gasteiger partial charge in [-0.15, -0.1) is 0 Å². The Balaban J connectivity index is 1.72. The zero-order chi connectivity index (χ0) is 24.6. The Kier molecular flexibility index (Phi) is 8.89. The highest BCUT2D eigenvalue weighted by molar-refractivity contribution is 7.89. The van der Waals surface area contributed by atoms with E-state index in [1.807, 2.05) is 30.3 Å². The molecule has 0 aliphatic carbocycles. The van der Waals surface area contributed by atoms with Crippen molar-refractivity contribution >= 4 is 22.0 Å². The highest BCUT2D eigenvalue weighted by atomic mass is 32.2. The van der Waals surface area contributed by atoms with E-state index < -0.39 is 16.1 Å². The fourth-order valence-corrected chi connectivity index (χ4v) is 5.07. The molecule has 0 unspecified atom stereocenters. The molecular weight excluding hydrogens is 458 g/mol. The van der Waals surface area contributed by atoms with Gasteiger partial charge >= 0.3 is 6.09 Å². The van der Waals surface area contributed by atoms with Crippen molar-refractivity contribution in [1.82, 2.24) is 14.1 Å². The number of methoxy groups -OCH3 is 1. The number of ether oxygens (including phenoxy) is 2. The molecule has 184 valence electrons. The van der Waals surface area contributed by atoms with Crippen LogP contribution >= 0.6 is 0 Å². The van der Waals surface area contributed by atoms with E-state index >= 15 is 0 Å². The van der Waals surface area contributed by atoms with Gasteiger partial charge in [0.2, 0.25) is 15.9 Å². The van der Waals surface area contributed by atoms with Crippen molar-refractivity contribution in [2.24, 2.45) is 0 Å². The van der Waals surface area contributed by atoms with Crippen LogP contribution in [0.3, 0.4) is 0 Å². The molecule has 0 aromatic heterocycles. The third-order valence-electron chi connectivity index (χ3n) is 5.66. The molecule has 2 aromatic rings. The van der Waals surface area contributed by atoms with Gasteiger partial charge in [0.1, 0.15) is 5.75 Å². The first-order valence-electron chi connectivity index (χ1n) is 11.2. The van der Waals surface area contributed by atoms with Gasteiger partial charge in [-0.2, -0.15) is 4.31 Å². The lowest BCUT2D eigenvalue weighted by Gasteiger charge is -2.35. The van der Waals surface area contributed by atoms with Crippen molar-refractivity contribution in [3.05, 3.63) is 60.2 Å². The smallest absolute Gasteiger partial charge is 0.409 e. The summed E-state index contributed by atoms with van der Waals surface area (Å²) in [6.07, 6.45) is 0.0707. The van der Waals surface area contributed by atoms with E-state index in [4.69, 9.17) is 9.47 Å². The number of amides is 2. The van der Waals surface area contributed by atoms with Crippen molar-refractivity contribution in [2.45, 2.75) is 18.2 Å². The molecule has 0 saturated carbocycles. The Bertz CT molecular complexity index is 1050. The van der Waals surface area contributed by atoms with Crippen molar-refractivity contribution < 1.29 is 27.5 Å². The summed E-state index contributed by atoms with van der Waals surface area (Å²) in [6.45, 7) is 3.26. The zero-order valence-corrected chi connectivity index (χ0v) is 20.4. The largest absolute Gasteiger partial charge is 0.497 e. The summed E-state index contributed by atoms with van der Waals surface area (Å²) in [6, 6.07) is 15.7. The fraction of sp³-hybridized carbons (Fsp3) is 0.417. The SMILES string of the molecule is CCOC(=O)N1CCN(C(=O)CN(CCc2ccccc2)S(=O)(=O)c2ccc(OC)cc2)CC1. The van der Waals surface area contributed by atoms with Crippen LogP contribution in [0.1, 0.15) is 12.5 Å². The molecule has 9 nitrogen and oxygen atoms in total. The highest BCUT2D eigenvalue weighted by Gasteiger charge is 2.30. The average molecular weight is 490 g/mol. The quantitative estimate of drug-likeness (QED) is 0.536. The fourth-order valence-electron chi connectivity index (χ4n) is 3.68. The number of carbonyl (C=O) groups excluding carboxylic acids is 2. The molecule has 0 N–H and O–H groups in total. The van der Waals surface area contributed by atoms with E-state index in [0.717, 1.165) is 5.56 Å². The number of piperazine rings is 1. The van der Waals surface area contributed by atoms with Crippen LogP contribution in [0.15, 0.2) is 59.5 Å². The predicted molar refractivity (Wildman–Crippen MR) is 127 cm³/mol. The molecule has 1 aliphatic heterocycles. The van der Waals surface area contributed by atoms with Crippen LogP contribution in [-0.4, -0.2) is 87.5 Å². The summed E-state index contributed by atoms with van der Waals surface area (Å²) in [5.74, 6) is 0.249. The molecule has 1 heterocycles. The molecule has 0 bridgehead atoms. The summed E-state index contributed by atoms with van der Waals surface area (Å²) in [4.78, 5) is 28.2. The maximum Gasteiger partial charge on any atom is 0.409 e. The van der Waals surface area contributed by atoms with Crippen LogP contribution < -0.4 is 4.74 Å². The van der Waals surface area contributed by atoms with Gasteiger partial charge in [-0.25, -0.2) is 13.2 Å². The first-order chi connectivity index (χ1) is 16.3. The van der Waals surface area contributed by atoms with E-state index in [-0.39, 0.29) is 30.5 Å². The first kappa shape index (κ1) is 25.5. The van der Waals surface area contributed by atoms with Crippen molar-refractivity contribution in [3.63, 3.8) is 0 Å². The predicted octanol–water partition coefficient (Wildman–Crippen LogP) is 2.23. The summed E-state index contributed by atoms with van der Waals surface area (Å²) in [5.41, 5.74) is 0.980. The summed E-state index contributed by atoms with van der Waals surface area (Å²) in [7, 11) is -2.41. The molecule has 0 atom stereocenters. The second-order valence-corrected chi connectivity index (χ2v) is 9.75. The molecule has 2 aromatic carbocycles. The average Bonchev–Trinajstić information content (AvgIpc) is 2.87. The molecular formula is C24H31N3O6S. The Morgan fingerprint density at radius 1 is 0.941 bits per heavy atom. The topological polar surface area (TPSA) is 96.5 Å². The summed E-state index contributed by atoms with van der Waals surface area (Å²) in [5, 5.41) is 0. The molecule has 1 aliphatic rings. The molecule has 2 amide bonds. The minimum Gasteiger partial charge on any atom is -0.497 e. The van der Waals surface area contributed by atoms with Gasteiger partial charge in [0, 0.05) is 32.7 Å². The second kappa shape index (κ2) is 11.8. The summed E-state index contributed by atoms with van der Waals surface area (Å²) >= 11 is 0. The normalized spacial score (nSPS) is 14.2. The molecule has 3 rings (SSSR count).